The Balaban J connectivity index is 1.51. The Bertz CT molecular complexity index is 1050. The van der Waals surface area contributed by atoms with Gasteiger partial charge < -0.3 is 4.57 Å². The van der Waals surface area contributed by atoms with Crippen molar-refractivity contribution in [1.82, 2.24) is 24.7 Å². The first-order chi connectivity index (χ1) is 12.8. The molecule has 1 aliphatic carbocycles. The highest BCUT2D eigenvalue weighted by molar-refractivity contribution is 7.99. The average molecular weight is 400 g/mol. The molecular formula is C18H17N5S3. The minimum atomic E-state index is 0.536. The van der Waals surface area contributed by atoms with Crippen LogP contribution in [0.3, 0.4) is 0 Å². The van der Waals surface area contributed by atoms with Gasteiger partial charge in [0.25, 0.3) is 0 Å². The molecule has 4 aromatic heterocycles. The number of thiophene rings is 2. The summed E-state index contributed by atoms with van der Waals surface area (Å²) < 4.78 is 2.32. The maximum absolute atomic E-state index is 4.54. The lowest BCUT2D eigenvalue weighted by molar-refractivity contribution is 0.635. The van der Waals surface area contributed by atoms with Gasteiger partial charge in [0.1, 0.15) is 22.0 Å². The molecule has 0 saturated heterocycles. The molecule has 26 heavy (non-hydrogen) atoms. The first-order valence-electron chi connectivity index (χ1n) is 8.69. The Morgan fingerprint density at radius 3 is 2.92 bits per heavy atom. The molecule has 5 rings (SSSR count). The van der Waals surface area contributed by atoms with Gasteiger partial charge in [-0.1, -0.05) is 13.0 Å². The smallest absolute Gasteiger partial charge is 0.197 e. The molecule has 1 saturated carbocycles. The molecule has 132 valence electrons. The van der Waals surface area contributed by atoms with Gasteiger partial charge in [-0.2, -0.15) is 0 Å². The minimum Gasteiger partial charge on any atom is -0.302 e. The third-order valence-electron chi connectivity index (χ3n) is 4.44. The summed E-state index contributed by atoms with van der Waals surface area (Å²) in [5.41, 5.74) is 0. The largest absolute Gasteiger partial charge is 0.302 e. The third-order valence-corrected chi connectivity index (χ3v) is 7.48. The number of nitrogens with zero attached hydrogens (tertiary/aromatic N) is 5. The van der Waals surface area contributed by atoms with E-state index in [2.05, 4.69) is 55.2 Å². The van der Waals surface area contributed by atoms with E-state index in [0.717, 1.165) is 39.1 Å². The number of hydrogen-bond donors (Lipinski definition) is 0. The number of rotatable bonds is 6. The van der Waals surface area contributed by atoms with Crippen LogP contribution >= 0.6 is 34.4 Å². The fraction of sp³-hybridized carbons (Fsp3) is 0.333. The molecule has 5 nitrogen and oxygen atoms in total. The molecule has 0 atom stereocenters. The lowest BCUT2D eigenvalue weighted by Gasteiger charge is -2.08. The number of fused-ring (bicyclic) bond motifs is 1. The molecule has 1 aliphatic rings. The van der Waals surface area contributed by atoms with E-state index in [1.807, 2.05) is 0 Å². The fourth-order valence-electron chi connectivity index (χ4n) is 2.99. The lowest BCUT2D eigenvalue weighted by atomic mass is 10.3. The van der Waals surface area contributed by atoms with Crippen LogP contribution < -0.4 is 0 Å². The molecule has 4 heterocycles. The lowest BCUT2D eigenvalue weighted by Crippen LogP contribution is -2.03. The first-order valence-corrected chi connectivity index (χ1v) is 11.2. The molecule has 0 aromatic carbocycles. The summed E-state index contributed by atoms with van der Waals surface area (Å²) in [6.07, 6.45) is 5.94. The zero-order valence-corrected chi connectivity index (χ0v) is 16.7. The van der Waals surface area contributed by atoms with Crippen molar-refractivity contribution in [1.29, 1.82) is 0 Å². The van der Waals surface area contributed by atoms with Crippen molar-refractivity contribution in [2.45, 2.75) is 48.8 Å². The van der Waals surface area contributed by atoms with E-state index < -0.39 is 0 Å². The van der Waals surface area contributed by atoms with Crippen LogP contribution in [-0.2, 0) is 12.8 Å². The van der Waals surface area contributed by atoms with Gasteiger partial charge in [0, 0.05) is 27.6 Å². The molecule has 8 heteroatoms. The van der Waals surface area contributed by atoms with Crippen LogP contribution in [0.15, 0.2) is 40.1 Å². The van der Waals surface area contributed by atoms with Crippen molar-refractivity contribution in [3.63, 3.8) is 0 Å². The molecule has 0 amide bonds. The fourth-order valence-corrected chi connectivity index (χ4v) is 5.67. The summed E-state index contributed by atoms with van der Waals surface area (Å²) in [6.45, 7) is 2.17. The Morgan fingerprint density at radius 2 is 2.15 bits per heavy atom. The monoisotopic (exact) mass is 399 g/mol. The summed E-state index contributed by atoms with van der Waals surface area (Å²) in [6, 6.07) is 7.00. The van der Waals surface area contributed by atoms with Gasteiger partial charge in [-0.15, -0.1) is 32.9 Å². The molecule has 0 spiro atoms. The normalized spacial score (nSPS) is 14.3. The van der Waals surface area contributed by atoms with Gasteiger partial charge in [0.05, 0.1) is 0 Å². The Kier molecular flexibility index (Phi) is 4.26. The van der Waals surface area contributed by atoms with Crippen molar-refractivity contribution < 1.29 is 0 Å². The van der Waals surface area contributed by atoms with E-state index >= 15 is 0 Å². The van der Waals surface area contributed by atoms with Gasteiger partial charge >= 0.3 is 0 Å². The maximum Gasteiger partial charge on any atom is 0.197 e. The van der Waals surface area contributed by atoms with Gasteiger partial charge in [0.2, 0.25) is 0 Å². The average Bonchev–Trinajstić information content (AvgIpc) is 3.07. The van der Waals surface area contributed by atoms with Gasteiger partial charge in [-0.05, 0) is 48.5 Å². The SMILES string of the molecule is CCc1cc2c(Sc3nnc(Cc4cccs4)n3C3CC3)ncnc2s1. The topological polar surface area (TPSA) is 56.5 Å². The molecule has 0 radical (unpaired) electrons. The standard InChI is InChI=1S/C18H17N5S3/c1-2-12-8-14-16(25-12)19-10-20-17(14)26-18-22-21-15(23(18)11-5-6-11)9-13-4-3-7-24-13/h3-4,7-8,10-11H,2,5-6,9H2,1H3. The summed E-state index contributed by atoms with van der Waals surface area (Å²) in [7, 11) is 0. The van der Waals surface area contributed by atoms with E-state index in [0.29, 0.717) is 6.04 Å². The van der Waals surface area contributed by atoms with Gasteiger partial charge in [-0.25, -0.2) is 9.97 Å². The van der Waals surface area contributed by atoms with Crippen LogP contribution in [0.1, 0.15) is 41.4 Å². The van der Waals surface area contributed by atoms with Crippen molar-refractivity contribution in [2.75, 3.05) is 0 Å². The quantitative estimate of drug-likeness (QED) is 0.428. The molecule has 4 aromatic rings. The molecule has 0 aliphatic heterocycles. The van der Waals surface area contributed by atoms with Crippen LogP contribution in [0.5, 0.6) is 0 Å². The van der Waals surface area contributed by atoms with E-state index in [1.54, 1.807) is 40.8 Å². The second-order valence-electron chi connectivity index (χ2n) is 6.32. The highest BCUT2D eigenvalue weighted by atomic mass is 32.2. The zero-order valence-electron chi connectivity index (χ0n) is 14.3. The summed E-state index contributed by atoms with van der Waals surface area (Å²) >= 11 is 5.14. The Morgan fingerprint density at radius 1 is 1.23 bits per heavy atom. The van der Waals surface area contributed by atoms with Crippen LogP contribution in [-0.4, -0.2) is 24.7 Å². The third kappa shape index (κ3) is 3.06. The number of aromatic nitrogens is 5. The molecule has 0 bridgehead atoms. The second kappa shape index (κ2) is 6.75. The van der Waals surface area contributed by atoms with Crippen LogP contribution in [0.2, 0.25) is 0 Å². The Hall–Kier alpha value is -1.77. The highest BCUT2D eigenvalue weighted by Gasteiger charge is 2.30. The van der Waals surface area contributed by atoms with Crippen LogP contribution in [0, 0.1) is 0 Å². The maximum atomic E-state index is 4.54. The van der Waals surface area contributed by atoms with E-state index in [9.17, 15) is 0 Å². The summed E-state index contributed by atoms with van der Waals surface area (Å²) in [5, 5.41) is 14.2. The van der Waals surface area contributed by atoms with Crippen molar-refractivity contribution >= 4 is 44.7 Å². The molecule has 1 fully saturated rings. The highest BCUT2D eigenvalue weighted by Crippen LogP contribution is 2.41. The Labute approximate surface area is 163 Å². The van der Waals surface area contributed by atoms with Crippen LogP contribution in [0.25, 0.3) is 10.2 Å². The predicted octanol–water partition coefficient (Wildman–Crippen LogP) is 4.98. The molecular weight excluding hydrogens is 382 g/mol. The van der Waals surface area contributed by atoms with Crippen molar-refractivity contribution in [3.05, 3.63) is 45.5 Å². The van der Waals surface area contributed by atoms with E-state index in [1.165, 1.54) is 22.6 Å². The van der Waals surface area contributed by atoms with Gasteiger partial charge in [0.15, 0.2) is 5.16 Å². The van der Waals surface area contributed by atoms with Crippen LogP contribution in [0.4, 0.5) is 0 Å². The minimum absolute atomic E-state index is 0.536. The second-order valence-corrected chi connectivity index (χ2v) is 9.43. The van der Waals surface area contributed by atoms with E-state index in [-0.39, 0.29) is 0 Å². The first kappa shape index (κ1) is 16.4. The summed E-state index contributed by atoms with van der Waals surface area (Å²) in [4.78, 5) is 12.7. The number of aryl methyl sites for hydroxylation is 1. The summed E-state index contributed by atoms with van der Waals surface area (Å²) in [5.74, 6) is 1.06. The van der Waals surface area contributed by atoms with Crippen molar-refractivity contribution in [3.8, 4) is 0 Å². The number of hydrogen-bond acceptors (Lipinski definition) is 7. The van der Waals surface area contributed by atoms with E-state index in [4.69, 9.17) is 0 Å². The molecule has 0 unspecified atom stereocenters. The van der Waals surface area contributed by atoms with Crippen molar-refractivity contribution in [2.24, 2.45) is 0 Å². The zero-order chi connectivity index (χ0) is 17.5. The predicted molar refractivity (Wildman–Crippen MR) is 106 cm³/mol. The van der Waals surface area contributed by atoms with Gasteiger partial charge in [-0.3, -0.25) is 0 Å². The molecule has 0 N–H and O–H groups in total.